The van der Waals surface area contributed by atoms with Gasteiger partial charge in [0.05, 0.1) is 0 Å². The Morgan fingerprint density at radius 1 is 1.22 bits per heavy atom. The molecule has 0 bridgehead atoms. The van der Waals surface area contributed by atoms with E-state index >= 15 is 0 Å². The number of hydrogen-bond donors (Lipinski definition) is 1. The first-order chi connectivity index (χ1) is 11.2. The summed E-state index contributed by atoms with van der Waals surface area (Å²) in [5, 5.41) is 2.90. The number of nitrogens with one attached hydrogen (secondary N) is 1. The summed E-state index contributed by atoms with van der Waals surface area (Å²) in [6, 6.07) is 7.44. The summed E-state index contributed by atoms with van der Waals surface area (Å²) < 4.78 is 0. The molecule has 1 saturated heterocycles. The summed E-state index contributed by atoms with van der Waals surface area (Å²) in [6.45, 7) is 5.73. The molecule has 1 aromatic carbocycles. The monoisotopic (exact) mass is 316 g/mol. The number of nitrogens with zero attached hydrogens (tertiary/aromatic N) is 1. The molecule has 4 nitrogen and oxygen atoms in total. The van der Waals surface area contributed by atoms with Crippen molar-refractivity contribution in [2.75, 3.05) is 13.1 Å². The summed E-state index contributed by atoms with van der Waals surface area (Å²) >= 11 is 0. The van der Waals surface area contributed by atoms with Crippen LogP contribution >= 0.6 is 0 Å². The van der Waals surface area contributed by atoms with Crippen LogP contribution in [-0.4, -0.2) is 35.8 Å². The predicted octanol–water partition coefficient (Wildman–Crippen LogP) is 3.62. The van der Waals surface area contributed by atoms with Crippen LogP contribution in [0.15, 0.2) is 24.3 Å². The molecule has 0 saturated carbocycles. The Morgan fingerprint density at radius 3 is 2.74 bits per heavy atom. The van der Waals surface area contributed by atoms with Crippen molar-refractivity contribution < 1.29 is 9.59 Å². The van der Waals surface area contributed by atoms with Gasteiger partial charge in [0.1, 0.15) is 0 Å². The van der Waals surface area contributed by atoms with E-state index in [1.165, 1.54) is 6.42 Å². The fourth-order valence-electron chi connectivity index (χ4n) is 3.13. The lowest BCUT2D eigenvalue weighted by atomic mass is 9.98. The Bertz CT molecular complexity index is 542. The van der Waals surface area contributed by atoms with Crippen molar-refractivity contribution in [3.05, 3.63) is 35.4 Å². The lowest BCUT2D eigenvalue weighted by Gasteiger charge is -2.35. The summed E-state index contributed by atoms with van der Waals surface area (Å²) in [4.78, 5) is 26.9. The Morgan fingerprint density at radius 2 is 2.00 bits per heavy atom. The second-order valence-electron chi connectivity index (χ2n) is 6.25. The Hall–Kier alpha value is -1.84. The maximum absolute atomic E-state index is 12.8. The predicted molar refractivity (Wildman–Crippen MR) is 92.6 cm³/mol. The number of hydrogen-bond acceptors (Lipinski definition) is 2. The SMILES string of the molecule is CCCCNC(=O)c1cccc(C(=O)N2CCCCC2CC)c1. The molecular formula is C19H28N2O2. The van der Waals surface area contributed by atoms with Crippen molar-refractivity contribution in [2.24, 2.45) is 0 Å². The van der Waals surface area contributed by atoms with Crippen LogP contribution in [-0.2, 0) is 0 Å². The first-order valence-corrected chi connectivity index (χ1v) is 8.86. The topological polar surface area (TPSA) is 49.4 Å². The third-order valence-corrected chi connectivity index (χ3v) is 4.55. The molecule has 1 fully saturated rings. The van der Waals surface area contributed by atoms with Crippen LogP contribution in [0.3, 0.4) is 0 Å². The van der Waals surface area contributed by atoms with Gasteiger partial charge in [-0.2, -0.15) is 0 Å². The Kier molecular flexibility index (Phi) is 6.63. The molecule has 1 aliphatic heterocycles. The van der Waals surface area contributed by atoms with Gasteiger partial charge in [0.25, 0.3) is 11.8 Å². The van der Waals surface area contributed by atoms with E-state index in [1.807, 2.05) is 11.0 Å². The Balaban J connectivity index is 2.09. The number of amides is 2. The lowest BCUT2D eigenvalue weighted by Crippen LogP contribution is -2.43. The van der Waals surface area contributed by atoms with E-state index in [2.05, 4.69) is 19.2 Å². The minimum atomic E-state index is -0.0983. The van der Waals surface area contributed by atoms with Gasteiger partial charge in [-0.05, 0) is 50.3 Å². The van der Waals surface area contributed by atoms with Crippen molar-refractivity contribution in [1.29, 1.82) is 0 Å². The van der Waals surface area contributed by atoms with Gasteiger partial charge < -0.3 is 10.2 Å². The van der Waals surface area contributed by atoms with Gasteiger partial charge in [-0.25, -0.2) is 0 Å². The van der Waals surface area contributed by atoms with E-state index in [1.54, 1.807) is 18.2 Å². The number of rotatable bonds is 6. The van der Waals surface area contributed by atoms with Crippen LogP contribution in [0.4, 0.5) is 0 Å². The molecule has 23 heavy (non-hydrogen) atoms. The molecule has 1 N–H and O–H groups in total. The second-order valence-corrected chi connectivity index (χ2v) is 6.25. The number of benzene rings is 1. The highest BCUT2D eigenvalue weighted by Gasteiger charge is 2.26. The average molecular weight is 316 g/mol. The van der Waals surface area contributed by atoms with Crippen LogP contribution < -0.4 is 5.32 Å². The quantitative estimate of drug-likeness (QED) is 0.815. The molecule has 1 aliphatic rings. The van der Waals surface area contributed by atoms with E-state index in [4.69, 9.17) is 0 Å². The molecule has 2 amide bonds. The molecule has 0 aromatic heterocycles. The molecular weight excluding hydrogens is 288 g/mol. The number of likely N-dealkylation sites (tertiary alicyclic amines) is 1. The fraction of sp³-hybridized carbons (Fsp3) is 0.579. The van der Waals surface area contributed by atoms with Crippen LogP contribution in [0.2, 0.25) is 0 Å². The molecule has 1 unspecified atom stereocenters. The van der Waals surface area contributed by atoms with Crippen LogP contribution in [0.25, 0.3) is 0 Å². The van der Waals surface area contributed by atoms with E-state index in [0.29, 0.717) is 23.7 Å². The minimum absolute atomic E-state index is 0.0553. The van der Waals surface area contributed by atoms with E-state index < -0.39 is 0 Å². The maximum Gasteiger partial charge on any atom is 0.254 e. The molecule has 0 spiro atoms. The largest absolute Gasteiger partial charge is 0.352 e. The zero-order valence-electron chi connectivity index (χ0n) is 14.3. The molecule has 1 atom stereocenters. The molecule has 4 heteroatoms. The van der Waals surface area contributed by atoms with Gasteiger partial charge in [-0.15, -0.1) is 0 Å². The molecule has 0 radical (unpaired) electrons. The standard InChI is InChI=1S/C19H28N2O2/c1-3-5-12-20-18(22)15-9-8-10-16(14-15)19(23)21-13-7-6-11-17(21)4-2/h8-10,14,17H,3-7,11-13H2,1-2H3,(H,20,22). The van der Waals surface area contributed by atoms with E-state index in [9.17, 15) is 9.59 Å². The van der Waals surface area contributed by atoms with Gasteiger partial charge in [-0.3, -0.25) is 9.59 Å². The van der Waals surface area contributed by atoms with Crippen molar-refractivity contribution in [2.45, 2.75) is 58.4 Å². The average Bonchev–Trinajstić information content (AvgIpc) is 2.61. The zero-order valence-corrected chi connectivity index (χ0v) is 14.3. The van der Waals surface area contributed by atoms with Crippen LogP contribution in [0, 0.1) is 0 Å². The molecule has 0 aliphatic carbocycles. The highest BCUT2D eigenvalue weighted by Crippen LogP contribution is 2.22. The molecule has 126 valence electrons. The third-order valence-electron chi connectivity index (χ3n) is 4.55. The molecule has 2 rings (SSSR count). The number of unbranched alkanes of at least 4 members (excludes halogenated alkanes) is 1. The summed E-state index contributed by atoms with van der Waals surface area (Å²) in [5.74, 6) is -0.0430. The normalized spacial score (nSPS) is 17.8. The summed E-state index contributed by atoms with van der Waals surface area (Å²) in [5.41, 5.74) is 1.19. The lowest BCUT2D eigenvalue weighted by molar-refractivity contribution is 0.0608. The highest BCUT2D eigenvalue weighted by atomic mass is 16.2. The van der Waals surface area contributed by atoms with Crippen molar-refractivity contribution in [3.8, 4) is 0 Å². The highest BCUT2D eigenvalue weighted by molar-refractivity contribution is 5.99. The summed E-state index contributed by atoms with van der Waals surface area (Å²) in [6.07, 6.45) is 6.35. The third kappa shape index (κ3) is 4.57. The zero-order chi connectivity index (χ0) is 16.7. The first kappa shape index (κ1) is 17.5. The van der Waals surface area contributed by atoms with Crippen molar-refractivity contribution in [1.82, 2.24) is 10.2 Å². The second kappa shape index (κ2) is 8.70. The van der Waals surface area contributed by atoms with E-state index in [-0.39, 0.29) is 11.8 Å². The van der Waals surface area contributed by atoms with Gasteiger partial charge in [0, 0.05) is 30.3 Å². The van der Waals surface area contributed by atoms with Gasteiger partial charge in [0.15, 0.2) is 0 Å². The smallest absolute Gasteiger partial charge is 0.254 e. The Labute approximate surface area is 139 Å². The summed E-state index contributed by atoms with van der Waals surface area (Å²) in [7, 11) is 0. The fourth-order valence-corrected chi connectivity index (χ4v) is 3.13. The first-order valence-electron chi connectivity index (χ1n) is 8.86. The maximum atomic E-state index is 12.8. The van der Waals surface area contributed by atoms with Gasteiger partial charge in [0.2, 0.25) is 0 Å². The van der Waals surface area contributed by atoms with Crippen molar-refractivity contribution in [3.63, 3.8) is 0 Å². The number of carbonyl (C=O) groups excluding carboxylic acids is 2. The van der Waals surface area contributed by atoms with Gasteiger partial charge >= 0.3 is 0 Å². The van der Waals surface area contributed by atoms with E-state index in [0.717, 1.165) is 38.6 Å². The van der Waals surface area contributed by atoms with Crippen molar-refractivity contribution >= 4 is 11.8 Å². The molecule has 1 heterocycles. The van der Waals surface area contributed by atoms with Gasteiger partial charge in [-0.1, -0.05) is 26.3 Å². The van der Waals surface area contributed by atoms with Crippen LogP contribution in [0.1, 0.15) is 73.1 Å². The number of piperidine rings is 1. The van der Waals surface area contributed by atoms with Crippen LogP contribution in [0.5, 0.6) is 0 Å². The number of carbonyl (C=O) groups is 2. The minimum Gasteiger partial charge on any atom is -0.352 e. The molecule has 1 aromatic rings.